The largest absolute Gasteiger partial charge is 0.511 e. The van der Waals surface area contributed by atoms with Crippen LogP contribution in [0.25, 0.3) is 0 Å². The molecule has 5 nitrogen and oxygen atoms in total. The van der Waals surface area contributed by atoms with Gasteiger partial charge < -0.3 is 9.84 Å². The van der Waals surface area contributed by atoms with Crippen molar-refractivity contribution in [3.63, 3.8) is 0 Å². The highest BCUT2D eigenvalue weighted by atomic mass is 32.2. The molecule has 6 heteroatoms. The molecule has 1 rings (SSSR count). The number of aliphatic imine (C=N–C) groups is 1. The Morgan fingerprint density at radius 1 is 1.30 bits per heavy atom. The molecule has 0 aromatic carbocycles. The number of aliphatic hydroxyl groups is 1. The molecule has 0 saturated heterocycles. The fourth-order valence-corrected chi connectivity index (χ4v) is 4.54. The fraction of sp³-hybridized carbons (Fsp3) is 0.762. The second-order valence-corrected chi connectivity index (χ2v) is 8.67. The fourth-order valence-electron chi connectivity index (χ4n) is 3.59. The van der Waals surface area contributed by atoms with Crippen LogP contribution in [0, 0.1) is 11.8 Å². The monoisotopic (exact) mass is 397 g/mol. The number of ether oxygens (including phenoxy) is 1. The highest BCUT2D eigenvalue weighted by Gasteiger charge is 2.43. The number of rotatable bonds is 11. The zero-order chi connectivity index (χ0) is 20.4. The molecule has 0 spiro atoms. The molecule has 0 radical (unpaired) electrons. The van der Waals surface area contributed by atoms with Crippen LogP contribution in [0.2, 0.25) is 0 Å². The molecule has 27 heavy (non-hydrogen) atoms. The van der Waals surface area contributed by atoms with Crippen LogP contribution >= 0.6 is 11.8 Å². The summed E-state index contributed by atoms with van der Waals surface area (Å²) in [7, 11) is 0. The summed E-state index contributed by atoms with van der Waals surface area (Å²) in [5.41, 5.74) is 0.890. The molecule has 1 N–H and O–H groups in total. The third-order valence-corrected chi connectivity index (χ3v) is 5.77. The lowest BCUT2D eigenvalue weighted by Gasteiger charge is -2.32. The predicted octanol–water partition coefficient (Wildman–Crippen LogP) is 4.75. The van der Waals surface area contributed by atoms with E-state index in [-0.39, 0.29) is 36.1 Å². The number of esters is 1. The predicted molar refractivity (Wildman–Crippen MR) is 113 cm³/mol. The molecule has 0 amide bonds. The Morgan fingerprint density at radius 2 is 2.00 bits per heavy atom. The maximum absolute atomic E-state index is 12.9. The molecule has 0 bridgehead atoms. The van der Waals surface area contributed by atoms with Crippen LogP contribution in [-0.2, 0) is 14.3 Å². The van der Waals surface area contributed by atoms with Gasteiger partial charge in [0.15, 0.2) is 5.78 Å². The van der Waals surface area contributed by atoms with E-state index in [2.05, 4.69) is 18.8 Å². The van der Waals surface area contributed by atoms with E-state index in [0.29, 0.717) is 30.3 Å². The summed E-state index contributed by atoms with van der Waals surface area (Å²) in [5.74, 6) is -0.708. The lowest BCUT2D eigenvalue weighted by molar-refractivity contribution is -0.150. The van der Waals surface area contributed by atoms with Gasteiger partial charge >= 0.3 is 5.97 Å². The average Bonchev–Trinajstić information content (AvgIpc) is 2.59. The van der Waals surface area contributed by atoms with Crippen LogP contribution < -0.4 is 0 Å². The molecular formula is C21H35NO4S. The van der Waals surface area contributed by atoms with Gasteiger partial charge in [-0.1, -0.05) is 34.1 Å². The van der Waals surface area contributed by atoms with Crippen molar-refractivity contribution in [2.45, 2.75) is 72.0 Å². The number of nitrogens with zero attached hydrogens (tertiary/aromatic N) is 1. The quantitative estimate of drug-likeness (QED) is 0.402. The van der Waals surface area contributed by atoms with Gasteiger partial charge in [0.1, 0.15) is 11.7 Å². The van der Waals surface area contributed by atoms with Crippen molar-refractivity contribution in [2.75, 3.05) is 18.9 Å². The molecular weight excluding hydrogens is 362 g/mol. The minimum atomic E-state index is -0.777. The SMILES string of the molecule is CCCN=C(CCC)C1=C(O)[C@@H](C(=O)OCC)[C@@H](C[C@H](C)SCC)CC1=O. The molecule has 1 aliphatic carbocycles. The first-order valence-corrected chi connectivity index (χ1v) is 11.2. The third kappa shape index (κ3) is 6.66. The van der Waals surface area contributed by atoms with Crippen molar-refractivity contribution in [3.05, 3.63) is 11.3 Å². The number of Topliss-reactive ketones (excluding diaryl/α,β-unsaturated/α-hetero) is 1. The van der Waals surface area contributed by atoms with Gasteiger partial charge in [0.2, 0.25) is 0 Å². The standard InChI is InChI=1S/C21H35NO4S/c1-6-10-16(22-11-7-2)19-17(23)13-15(12-14(5)27-9-4)18(20(19)24)21(25)26-8-3/h14-15,18,24H,6-13H2,1-5H3/t14-,15-,18-/m0/s1. The van der Waals surface area contributed by atoms with Crippen molar-refractivity contribution in [2.24, 2.45) is 16.8 Å². The van der Waals surface area contributed by atoms with Crippen molar-refractivity contribution in [1.82, 2.24) is 0 Å². The number of carbonyl (C=O) groups is 2. The third-order valence-electron chi connectivity index (χ3n) is 4.68. The van der Waals surface area contributed by atoms with Crippen LogP contribution in [0.5, 0.6) is 0 Å². The van der Waals surface area contributed by atoms with Crippen molar-refractivity contribution < 1.29 is 19.4 Å². The first-order valence-electron chi connectivity index (χ1n) is 10.2. The summed E-state index contributed by atoms with van der Waals surface area (Å²) >= 11 is 1.80. The van der Waals surface area contributed by atoms with E-state index < -0.39 is 11.9 Å². The van der Waals surface area contributed by atoms with Crippen LogP contribution in [0.1, 0.15) is 66.7 Å². The molecule has 154 valence electrons. The maximum Gasteiger partial charge on any atom is 0.316 e. The number of allylic oxidation sites excluding steroid dienone is 1. The second-order valence-electron chi connectivity index (χ2n) is 6.96. The molecule has 0 aromatic rings. The van der Waals surface area contributed by atoms with Crippen molar-refractivity contribution in [1.29, 1.82) is 0 Å². The Balaban J connectivity index is 3.31. The summed E-state index contributed by atoms with van der Waals surface area (Å²) < 4.78 is 5.24. The first-order chi connectivity index (χ1) is 12.9. The molecule has 0 aliphatic heterocycles. The van der Waals surface area contributed by atoms with E-state index in [1.807, 2.05) is 13.8 Å². The van der Waals surface area contributed by atoms with Gasteiger partial charge in [-0.15, -0.1) is 0 Å². The Kier molecular flexibility index (Phi) is 10.7. The Hall–Kier alpha value is -1.30. The van der Waals surface area contributed by atoms with Crippen LogP contribution in [0.4, 0.5) is 0 Å². The molecule has 0 fully saturated rings. The molecule has 0 saturated carbocycles. The first kappa shape index (κ1) is 23.7. The van der Waals surface area contributed by atoms with Gasteiger partial charge in [-0.05, 0) is 37.9 Å². The van der Waals surface area contributed by atoms with Gasteiger partial charge in [-0.3, -0.25) is 14.6 Å². The zero-order valence-electron chi connectivity index (χ0n) is 17.4. The summed E-state index contributed by atoms with van der Waals surface area (Å²) in [5, 5.41) is 11.3. The number of carbonyl (C=O) groups excluding carboxylic acids is 2. The van der Waals surface area contributed by atoms with E-state index in [1.165, 1.54) is 0 Å². The minimum Gasteiger partial charge on any atom is -0.511 e. The second kappa shape index (κ2) is 12.2. The Morgan fingerprint density at radius 3 is 2.56 bits per heavy atom. The molecule has 0 heterocycles. The van der Waals surface area contributed by atoms with E-state index in [1.54, 1.807) is 18.7 Å². The highest BCUT2D eigenvalue weighted by molar-refractivity contribution is 7.99. The van der Waals surface area contributed by atoms with Crippen molar-refractivity contribution >= 4 is 29.2 Å². The number of thioether (sulfide) groups is 1. The average molecular weight is 398 g/mol. The van der Waals surface area contributed by atoms with Crippen LogP contribution in [-0.4, -0.2) is 46.7 Å². The molecule has 3 atom stereocenters. The number of hydrogen-bond donors (Lipinski definition) is 1. The van der Waals surface area contributed by atoms with E-state index in [9.17, 15) is 14.7 Å². The smallest absolute Gasteiger partial charge is 0.316 e. The number of ketones is 1. The van der Waals surface area contributed by atoms with Crippen LogP contribution in [0.15, 0.2) is 16.3 Å². The summed E-state index contributed by atoms with van der Waals surface area (Å²) in [6, 6.07) is 0. The van der Waals surface area contributed by atoms with E-state index in [4.69, 9.17) is 4.74 Å². The zero-order valence-corrected chi connectivity index (χ0v) is 18.2. The van der Waals surface area contributed by atoms with Gasteiger partial charge in [0.05, 0.1) is 12.2 Å². The lowest BCUT2D eigenvalue weighted by atomic mass is 9.74. The number of aliphatic hydroxyl groups excluding tert-OH is 1. The van der Waals surface area contributed by atoms with Gasteiger partial charge in [0.25, 0.3) is 0 Å². The summed E-state index contributed by atoms with van der Waals surface area (Å²) in [6.45, 7) is 10.8. The topological polar surface area (TPSA) is 76.0 Å². The Labute approximate surface area is 168 Å². The summed E-state index contributed by atoms with van der Waals surface area (Å²) in [4.78, 5) is 30.1. The van der Waals surface area contributed by atoms with Gasteiger partial charge in [0, 0.05) is 23.9 Å². The molecule has 1 aliphatic rings. The van der Waals surface area contributed by atoms with E-state index in [0.717, 1.165) is 18.6 Å². The molecule has 0 aromatic heterocycles. The lowest BCUT2D eigenvalue weighted by Crippen LogP contribution is -2.38. The van der Waals surface area contributed by atoms with Crippen LogP contribution in [0.3, 0.4) is 0 Å². The van der Waals surface area contributed by atoms with Gasteiger partial charge in [-0.25, -0.2) is 0 Å². The minimum absolute atomic E-state index is 0.102. The van der Waals surface area contributed by atoms with Crippen molar-refractivity contribution in [3.8, 4) is 0 Å². The van der Waals surface area contributed by atoms with E-state index >= 15 is 0 Å². The Bertz CT molecular complexity index is 571. The van der Waals surface area contributed by atoms with Gasteiger partial charge in [-0.2, -0.15) is 11.8 Å². The maximum atomic E-state index is 12.9. The highest BCUT2D eigenvalue weighted by Crippen LogP contribution is 2.38. The normalized spacial score (nSPS) is 22.1. The molecule has 0 unspecified atom stereocenters. The number of hydrogen-bond acceptors (Lipinski definition) is 6. The summed E-state index contributed by atoms with van der Waals surface area (Å²) in [6.07, 6.45) is 3.26.